The van der Waals surface area contributed by atoms with Gasteiger partial charge >= 0.3 is 0 Å². The SMILES string of the molecule is O=C=Nc1cccnc1Cc1cccnc1. The first-order chi connectivity index (χ1) is 7.90. The van der Waals surface area contributed by atoms with Crippen molar-refractivity contribution < 1.29 is 4.79 Å². The molecule has 0 spiro atoms. The van der Waals surface area contributed by atoms with E-state index in [-0.39, 0.29) is 0 Å². The molecule has 0 radical (unpaired) electrons. The second-order valence-corrected chi connectivity index (χ2v) is 3.21. The van der Waals surface area contributed by atoms with Crippen LogP contribution in [0.25, 0.3) is 0 Å². The molecule has 0 amide bonds. The first-order valence-corrected chi connectivity index (χ1v) is 4.81. The van der Waals surface area contributed by atoms with Gasteiger partial charge in [0.2, 0.25) is 6.08 Å². The lowest BCUT2D eigenvalue weighted by Gasteiger charge is -2.02. The molecule has 0 fully saturated rings. The maximum atomic E-state index is 10.2. The number of isocyanates is 1. The highest BCUT2D eigenvalue weighted by atomic mass is 16.1. The molecule has 0 aliphatic rings. The van der Waals surface area contributed by atoms with Crippen molar-refractivity contribution in [2.24, 2.45) is 4.99 Å². The van der Waals surface area contributed by atoms with Gasteiger partial charge < -0.3 is 0 Å². The molecule has 4 heteroatoms. The molecular formula is C12H9N3O. The van der Waals surface area contributed by atoms with Crippen LogP contribution >= 0.6 is 0 Å². The zero-order valence-corrected chi connectivity index (χ0v) is 8.50. The molecule has 0 atom stereocenters. The fraction of sp³-hybridized carbons (Fsp3) is 0.0833. The molecule has 2 aromatic heterocycles. The Balaban J connectivity index is 2.31. The number of carbonyl (C=O) groups excluding carboxylic acids is 1. The van der Waals surface area contributed by atoms with Gasteiger partial charge in [-0.15, -0.1) is 0 Å². The van der Waals surface area contributed by atoms with Crippen LogP contribution in [0.4, 0.5) is 5.69 Å². The summed E-state index contributed by atoms with van der Waals surface area (Å²) in [6, 6.07) is 7.30. The normalized spacial score (nSPS) is 9.50. The van der Waals surface area contributed by atoms with Crippen LogP contribution in [0.1, 0.15) is 11.3 Å². The summed E-state index contributed by atoms with van der Waals surface area (Å²) in [7, 11) is 0. The van der Waals surface area contributed by atoms with Gasteiger partial charge in [-0.2, -0.15) is 4.99 Å². The third kappa shape index (κ3) is 2.38. The Morgan fingerprint density at radius 1 is 1.25 bits per heavy atom. The van der Waals surface area contributed by atoms with E-state index in [4.69, 9.17) is 0 Å². The van der Waals surface area contributed by atoms with Crippen LogP contribution in [0.2, 0.25) is 0 Å². The quantitative estimate of drug-likeness (QED) is 0.576. The van der Waals surface area contributed by atoms with Crippen molar-refractivity contribution in [3.8, 4) is 0 Å². The highest BCUT2D eigenvalue weighted by Crippen LogP contribution is 2.18. The maximum absolute atomic E-state index is 10.2. The zero-order chi connectivity index (χ0) is 11.2. The van der Waals surface area contributed by atoms with Gasteiger partial charge in [0.05, 0.1) is 11.4 Å². The van der Waals surface area contributed by atoms with E-state index < -0.39 is 0 Å². The van der Waals surface area contributed by atoms with Gasteiger partial charge in [-0.05, 0) is 23.8 Å². The number of aromatic nitrogens is 2. The van der Waals surface area contributed by atoms with Crippen molar-refractivity contribution in [3.05, 3.63) is 54.1 Å². The molecule has 0 aliphatic heterocycles. The van der Waals surface area contributed by atoms with Crippen LogP contribution < -0.4 is 0 Å². The molecule has 0 aliphatic carbocycles. The van der Waals surface area contributed by atoms with Crippen molar-refractivity contribution in [2.45, 2.75) is 6.42 Å². The first kappa shape index (κ1) is 10.2. The average molecular weight is 211 g/mol. The third-order valence-corrected chi connectivity index (χ3v) is 2.13. The molecule has 2 rings (SSSR count). The van der Waals surface area contributed by atoms with Gasteiger partial charge in [-0.3, -0.25) is 9.97 Å². The van der Waals surface area contributed by atoms with Crippen molar-refractivity contribution in [1.82, 2.24) is 9.97 Å². The standard InChI is InChI=1S/C12H9N3O/c16-9-15-11-4-2-6-14-12(11)7-10-3-1-5-13-8-10/h1-6,8H,7H2. The molecular weight excluding hydrogens is 202 g/mol. The number of nitrogens with zero attached hydrogens (tertiary/aromatic N) is 3. The van der Waals surface area contributed by atoms with E-state index in [9.17, 15) is 4.79 Å². The molecule has 2 heterocycles. The zero-order valence-electron chi connectivity index (χ0n) is 8.50. The summed E-state index contributed by atoms with van der Waals surface area (Å²) in [5.41, 5.74) is 2.34. The van der Waals surface area contributed by atoms with Crippen molar-refractivity contribution in [3.63, 3.8) is 0 Å². The minimum Gasteiger partial charge on any atom is -0.264 e. The van der Waals surface area contributed by atoms with Crippen molar-refractivity contribution in [2.75, 3.05) is 0 Å². The highest BCUT2D eigenvalue weighted by Gasteiger charge is 2.03. The summed E-state index contributed by atoms with van der Waals surface area (Å²) < 4.78 is 0. The lowest BCUT2D eigenvalue weighted by atomic mass is 10.1. The van der Waals surface area contributed by atoms with Crippen molar-refractivity contribution >= 4 is 11.8 Å². The lowest BCUT2D eigenvalue weighted by Crippen LogP contribution is -1.92. The van der Waals surface area contributed by atoms with E-state index >= 15 is 0 Å². The van der Waals surface area contributed by atoms with E-state index in [0.29, 0.717) is 12.1 Å². The highest BCUT2D eigenvalue weighted by molar-refractivity contribution is 5.52. The van der Waals surface area contributed by atoms with Gasteiger partial charge in [-0.25, -0.2) is 4.79 Å². The minimum atomic E-state index is 0.557. The van der Waals surface area contributed by atoms with Crippen LogP contribution in [0.5, 0.6) is 0 Å². The Hall–Kier alpha value is -2.32. The van der Waals surface area contributed by atoms with E-state index in [1.807, 2.05) is 12.1 Å². The molecule has 0 bridgehead atoms. The van der Waals surface area contributed by atoms with E-state index in [0.717, 1.165) is 11.3 Å². The number of pyridine rings is 2. The molecule has 4 nitrogen and oxygen atoms in total. The maximum Gasteiger partial charge on any atom is 0.240 e. The number of hydrogen-bond acceptors (Lipinski definition) is 4. The Kier molecular flexibility index (Phi) is 3.16. The molecule has 16 heavy (non-hydrogen) atoms. The van der Waals surface area contributed by atoms with Crippen LogP contribution in [0, 0.1) is 0 Å². The largest absolute Gasteiger partial charge is 0.264 e. The van der Waals surface area contributed by atoms with Crippen LogP contribution in [-0.2, 0) is 11.2 Å². The third-order valence-electron chi connectivity index (χ3n) is 2.13. The van der Waals surface area contributed by atoms with Crippen molar-refractivity contribution in [1.29, 1.82) is 0 Å². The molecule has 0 unspecified atom stereocenters. The molecule has 0 aromatic carbocycles. The predicted octanol–water partition coefficient (Wildman–Crippen LogP) is 2.03. The van der Waals surface area contributed by atoms with E-state index in [1.54, 1.807) is 30.7 Å². The molecule has 0 N–H and O–H groups in total. The summed E-state index contributed by atoms with van der Waals surface area (Å²) in [5, 5.41) is 0. The number of rotatable bonds is 3. The van der Waals surface area contributed by atoms with Gasteiger partial charge in [0.15, 0.2) is 0 Å². The molecule has 0 saturated heterocycles. The Labute approximate surface area is 92.7 Å². The molecule has 2 aromatic rings. The Bertz CT molecular complexity index is 519. The second kappa shape index (κ2) is 4.96. The van der Waals surface area contributed by atoms with Gasteiger partial charge in [0.25, 0.3) is 0 Å². The van der Waals surface area contributed by atoms with Crippen LogP contribution in [0.3, 0.4) is 0 Å². The van der Waals surface area contributed by atoms with Crippen LogP contribution in [0.15, 0.2) is 47.8 Å². The summed E-state index contributed by atoms with van der Waals surface area (Å²) in [6.07, 6.45) is 7.29. The summed E-state index contributed by atoms with van der Waals surface area (Å²) >= 11 is 0. The van der Waals surface area contributed by atoms with Gasteiger partial charge in [0.1, 0.15) is 0 Å². The average Bonchev–Trinajstić information content (AvgIpc) is 2.33. The number of aliphatic imine (C=N–C) groups is 1. The number of hydrogen-bond donors (Lipinski definition) is 0. The predicted molar refractivity (Wildman–Crippen MR) is 59.1 cm³/mol. The van der Waals surface area contributed by atoms with Crippen LogP contribution in [-0.4, -0.2) is 16.0 Å². The monoisotopic (exact) mass is 211 g/mol. The smallest absolute Gasteiger partial charge is 0.240 e. The Morgan fingerprint density at radius 2 is 2.12 bits per heavy atom. The summed E-state index contributed by atoms with van der Waals surface area (Å²) in [4.78, 5) is 22.1. The topological polar surface area (TPSA) is 55.2 Å². The second-order valence-electron chi connectivity index (χ2n) is 3.21. The van der Waals surface area contributed by atoms with Gasteiger partial charge in [-0.1, -0.05) is 6.07 Å². The first-order valence-electron chi connectivity index (χ1n) is 4.81. The van der Waals surface area contributed by atoms with Gasteiger partial charge in [0, 0.05) is 25.0 Å². The molecule has 78 valence electrons. The molecule has 0 saturated carbocycles. The fourth-order valence-corrected chi connectivity index (χ4v) is 1.41. The fourth-order valence-electron chi connectivity index (χ4n) is 1.41. The summed E-state index contributed by atoms with van der Waals surface area (Å²) in [5.74, 6) is 0. The minimum absolute atomic E-state index is 0.557. The van der Waals surface area contributed by atoms with E-state index in [2.05, 4.69) is 15.0 Å². The van der Waals surface area contributed by atoms with E-state index in [1.165, 1.54) is 6.08 Å². The lowest BCUT2D eigenvalue weighted by molar-refractivity contribution is 0.565. The summed E-state index contributed by atoms with van der Waals surface area (Å²) in [6.45, 7) is 0. The Morgan fingerprint density at radius 3 is 2.88 bits per heavy atom.